The summed E-state index contributed by atoms with van der Waals surface area (Å²) in [5.41, 5.74) is 1.36. The molecule has 28 heavy (non-hydrogen) atoms. The average molecular weight is 437 g/mol. The quantitative estimate of drug-likeness (QED) is 0.415. The lowest BCUT2D eigenvalue weighted by atomic mass is 10.2. The Hall–Kier alpha value is -1.77. The first-order valence-electron chi connectivity index (χ1n) is 9.17. The van der Waals surface area contributed by atoms with Crippen LogP contribution < -0.4 is 0 Å². The molecule has 2 heterocycles. The van der Waals surface area contributed by atoms with Crippen LogP contribution in [0.25, 0.3) is 0 Å². The van der Waals surface area contributed by atoms with Crippen molar-refractivity contribution in [2.45, 2.75) is 53.6 Å². The van der Waals surface area contributed by atoms with Crippen LogP contribution >= 0.6 is 22.4 Å². The largest absolute Gasteiger partial charge is 0.333 e. The zero-order chi connectivity index (χ0) is 19.6. The molecule has 0 unspecified atom stereocenters. The Morgan fingerprint density at radius 2 is 1.57 bits per heavy atom. The van der Waals surface area contributed by atoms with Gasteiger partial charge in [-0.15, -0.1) is 11.8 Å². The molecule has 148 valence electrons. The normalized spacial score (nSPS) is 16.5. The number of rotatable bonds is 6. The van der Waals surface area contributed by atoms with Crippen molar-refractivity contribution in [1.29, 1.82) is 0 Å². The lowest BCUT2D eigenvalue weighted by Crippen LogP contribution is -1.90. The third-order valence-corrected chi connectivity index (χ3v) is 6.74. The number of nitrogens with zero attached hydrogens (tertiary/aromatic N) is 4. The van der Waals surface area contributed by atoms with Crippen LogP contribution in [0.15, 0.2) is 65.4 Å². The third-order valence-electron chi connectivity index (χ3n) is 4.57. The molecule has 0 atom stereocenters. The number of hydrogen-bond donors (Lipinski definition) is 0. The summed E-state index contributed by atoms with van der Waals surface area (Å²) >= 11 is 1.81. The molecular formula is C19H21ClN4O2S2. The molecule has 0 amide bonds. The monoisotopic (exact) mass is 436 g/mol. The van der Waals surface area contributed by atoms with Crippen molar-refractivity contribution in [1.82, 2.24) is 19.1 Å². The molecule has 1 aromatic carbocycles. The fourth-order valence-electron chi connectivity index (χ4n) is 2.71. The number of halogens is 1. The zero-order valence-electron chi connectivity index (χ0n) is 15.2. The van der Waals surface area contributed by atoms with Crippen LogP contribution in [0.3, 0.4) is 0 Å². The minimum Gasteiger partial charge on any atom is -0.333 e. The Balaban J connectivity index is 0.000000143. The molecule has 6 nitrogen and oxygen atoms in total. The van der Waals surface area contributed by atoms with E-state index in [-0.39, 0.29) is 5.03 Å². The molecular weight excluding hydrogens is 416 g/mol. The topological polar surface area (TPSA) is 69.8 Å². The lowest BCUT2D eigenvalue weighted by molar-refractivity contribution is 0.606. The molecule has 2 aliphatic rings. The average Bonchev–Trinajstić information content (AvgIpc) is 3.62. The molecule has 2 aliphatic carbocycles. The SMILES string of the molecule is O=S(=O)(Cl)c1cn(C2CC2)cn1.c1ccc(CSc2cn(C3CC3)cn2)cc1. The molecule has 0 aliphatic heterocycles. The van der Waals surface area contributed by atoms with Gasteiger partial charge >= 0.3 is 0 Å². The van der Waals surface area contributed by atoms with Crippen LogP contribution in [0.4, 0.5) is 0 Å². The molecule has 0 N–H and O–H groups in total. The van der Waals surface area contributed by atoms with Gasteiger partial charge in [0.25, 0.3) is 9.05 Å². The maximum Gasteiger partial charge on any atom is 0.280 e. The molecule has 0 bridgehead atoms. The second kappa shape index (κ2) is 8.31. The van der Waals surface area contributed by atoms with Crippen molar-refractivity contribution in [3.05, 3.63) is 60.9 Å². The van der Waals surface area contributed by atoms with Crippen LogP contribution in [0.5, 0.6) is 0 Å². The van der Waals surface area contributed by atoms with E-state index in [9.17, 15) is 8.42 Å². The summed E-state index contributed by atoms with van der Waals surface area (Å²) in [5, 5.41) is 1.08. The van der Waals surface area contributed by atoms with Crippen LogP contribution in [0.2, 0.25) is 0 Å². The number of hydrogen-bond acceptors (Lipinski definition) is 5. The van der Waals surface area contributed by atoms with E-state index < -0.39 is 9.05 Å². The highest BCUT2D eigenvalue weighted by molar-refractivity contribution is 8.13. The van der Waals surface area contributed by atoms with Gasteiger partial charge in [-0.1, -0.05) is 30.3 Å². The van der Waals surface area contributed by atoms with Gasteiger partial charge in [-0.3, -0.25) is 0 Å². The van der Waals surface area contributed by atoms with E-state index in [1.807, 2.05) is 18.1 Å². The minimum atomic E-state index is -3.65. The van der Waals surface area contributed by atoms with Gasteiger partial charge in [-0.2, -0.15) is 0 Å². The summed E-state index contributed by atoms with van der Waals surface area (Å²) < 4.78 is 25.6. The van der Waals surface area contributed by atoms with Gasteiger partial charge in [0.15, 0.2) is 5.03 Å². The van der Waals surface area contributed by atoms with Gasteiger partial charge < -0.3 is 9.13 Å². The van der Waals surface area contributed by atoms with E-state index in [1.165, 1.54) is 30.9 Å². The number of imidazole rings is 2. The van der Waals surface area contributed by atoms with Crippen LogP contribution in [-0.2, 0) is 14.8 Å². The van der Waals surface area contributed by atoms with Gasteiger partial charge in [0.1, 0.15) is 5.03 Å². The van der Waals surface area contributed by atoms with Gasteiger partial charge in [0.05, 0.1) is 12.7 Å². The Morgan fingerprint density at radius 3 is 2.14 bits per heavy atom. The van der Waals surface area contributed by atoms with Crippen LogP contribution in [0, 0.1) is 0 Å². The Bertz CT molecular complexity index is 1030. The molecule has 0 spiro atoms. The predicted octanol–water partition coefficient (Wildman–Crippen LogP) is 4.66. The van der Waals surface area contributed by atoms with Gasteiger partial charge in [-0.05, 0) is 31.2 Å². The third kappa shape index (κ3) is 5.40. The van der Waals surface area contributed by atoms with Crippen molar-refractivity contribution < 1.29 is 8.42 Å². The lowest BCUT2D eigenvalue weighted by Gasteiger charge is -1.98. The number of aromatic nitrogens is 4. The summed E-state index contributed by atoms with van der Waals surface area (Å²) in [4.78, 5) is 8.11. The summed E-state index contributed by atoms with van der Waals surface area (Å²) in [7, 11) is 1.45. The molecule has 2 saturated carbocycles. The Labute approximate surface area is 173 Å². The van der Waals surface area contributed by atoms with Crippen molar-refractivity contribution in [2.75, 3.05) is 0 Å². The first kappa shape index (κ1) is 19.5. The summed E-state index contributed by atoms with van der Waals surface area (Å²) in [6.07, 6.45) is 11.9. The molecule has 2 fully saturated rings. The van der Waals surface area contributed by atoms with E-state index >= 15 is 0 Å². The summed E-state index contributed by atoms with van der Waals surface area (Å²) in [6, 6.07) is 11.7. The smallest absolute Gasteiger partial charge is 0.280 e. The number of thioether (sulfide) groups is 1. The van der Waals surface area contributed by atoms with Crippen molar-refractivity contribution in [3.63, 3.8) is 0 Å². The highest BCUT2D eigenvalue weighted by atomic mass is 35.7. The van der Waals surface area contributed by atoms with Crippen molar-refractivity contribution in [2.24, 2.45) is 0 Å². The van der Waals surface area contributed by atoms with E-state index in [1.54, 1.807) is 4.57 Å². The summed E-state index contributed by atoms with van der Waals surface area (Å²) in [6.45, 7) is 0. The second-order valence-electron chi connectivity index (χ2n) is 6.99. The van der Waals surface area contributed by atoms with E-state index in [0.717, 1.165) is 29.7 Å². The maximum absolute atomic E-state index is 10.8. The Kier molecular flexibility index (Phi) is 5.80. The van der Waals surface area contributed by atoms with E-state index in [4.69, 9.17) is 10.7 Å². The second-order valence-corrected chi connectivity index (χ2v) is 10.5. The first-order chi connectivity index (χ1) is 13.5. The fourth-order valence-corrected chi connectivity index (χ4v) is 4.20. The molecule has 2 aromatic heterocycles. The molecule has 0 saturated heterocycles. The molecule has 9 heteroatoms. The van der Waals surface area contributed by atoms with Crippen LogP contribution in [-0.4, -0.2) is 27.5 Å². The van der Waals surface area contributed by atoms with Crippen molar-refractivity contribution in [3.8, 4) is 0 Å². The Morgan fingerprint density at radius 1 is 0.964 bits per heavy atom. The summed E-state index contributed by atoms with van der Waals surface area (Å²) in [5.74, 6) is 1.00. The zero-order valence-corrected chi connectivity index (χ0v) is 17.6. The first-order valence-corrected chi connectivity index (χ1v) is 12.5. The predicted molar refractivity (Wildman–Crippen MR) is 110 cm³/mol. The molecule has 3 aromatic rings. The molecule has 0 radical (unpaired) electrons. The molecule has 5 rings (SSSR count). The minimum absolute atomic E-state index is 0.0592. The highest BCUT2D eigenvalue weighted by Gasteiger charge is 2.25. The van der Waals surface area contributed by atoms with E-state index in [2.05, 4.69) is 51.1 Å². The highest BCUT2D eigenvalue weighted by Crippen LogP contribution is 2.36. The van der Waals surface area contributed by atoms with Gasteiger partial charge in [0, 0.05) is 40.9 Å². The van der Waals surface area contributed by atoms with Gasteiger partial charge in [-0.25, -0.2) is 18.4 Å². The fraction of sp³-hybridized carbons (Fsp3) is 0.368. The van der Waals surface area contributed by atoms with E-state index in [0.29, 0.717) is 6.04 Å². The standard InChI is InChI=1S/C13H14N2S.C6H7ClN2O2S/c1-2-4-11(5-3-1)9-16-13-8-15(10-14-13)12-6-7-12;7-12(10,11)6-3-9(4-8-6)5-1-2-5/h1-5,8,10,12H,6-7,9H2;3-5H,1-2H2. The van der Waals surface area contributed by atoms with Gasteiger partial charge in [0.2, 0.25) is 0 Å². The van der Waals surface area contributed by atoms with Crippen molar-refractivity contribution >= 4 is 31.5 Å². The van der Waals surface area contributed by atoms with Crippen LogP contribution in [0.1, 0.15) is 43.3 Å². The number of benzene rings is 1. The maximum atomic E-state index is 10.8.